The molecule has 1 amide bonds. The summed E-state index contributed by atoms with van der Waals surface area (Å²) in [5.74, 6) is 0.815. The number of likely N-dealkylation sites (tertiary alicyclic amines) is 1. The molecule has 1 aromatic rings. The number of hydrogen-bond acceptors (Lipinski definition) is 7. The predicted octanol–water partition coefficient (Wildman–Crippen LogP) is 1.56. The Hall–Kier alpha value is -2.33. The van der Waals surface area contributed by atoms with Crippen LogP contribution in [-0.2, 0) is 24.3 Å². The summed E-state index contributed by atoms with van der Waals surface area (Å²) in [5, 5.41) is 0. The van der Waals surface area contributed by atoms with Gasteiger partial charge < -0.3 is 19.1 Å². The van der Waals surface area contributed by atoms with E-state index < -0.39 is 22.1 Å². The van der Waals surface area contributed by atoms with Gasteiger partial charge >= 0.3 is 5.97 Å². The number of rotatable bonds is 7. The second-order valence-electron chi connectivity index (χ2n) is 8.27. The van der Waals surface area contributed by atoms with Crippen LogP contribution in [0.2, 0.25) is 0 Å². The molecule has 0 aliphatic carbocycles. The van der Waals surface area contributed by atoms with Crippen molar-refractivity contribution in [1.29, 1.82) is 0 Å². The van der Waals surface area contributed by atoms with Crippen molar-refractivity contribution in [2.45, 2.75) is 44.6 Å². The van der Waals surface area contributed by atoms with E-state index in [-0.39, 0.29) is 23.8 Å². The first-order valence-corrected chi connectivity index (χ1v) is 12.0. The lowest BCUT2D eigenvalue weighted by molar-refractivity contribution is -0.160. The smallest absolute Gasteiger partial charge is 0.307 e. The Morgan fingerprint density at radius 2 is 1.81 bits per heavy atom. The number of hydrogen-bond donors (Lipinski definition) is 1. The highest BCUT2D eigenvalue weighted by Gasteiger charge is 2.30. The van der Waals surface area contributed by atoms with E-state index in [0.717, 1.165) is 6.42 Å². The third-order valence-corrected chi connectivity index (χ3v) is 6.74. The summed E-state index contributed by atoms with van der Waals surface area (Å²) in [6.45, 7) is 7.66. The summed E-state index contributed by atoms with van der Waals surface area (Å²) < 4.78 is 43.3. The summed E-state index contributed by atoms with van der Waals surface area (Å²) in [4.78, 5) is 26.4. The number of carbonyl (C=O) groups excluding carboxylic acids is 2. The van der Waals surface area contributed by atoms with Crippen LogP contribution in [0.4, 0.5) is 0 Å². The number of esters is 1. The molecule has 31 heavy (non-hydrogen) atoms. The maximum absolute atomic E-state index is 12.6. The topological polar surface area (TPSA) is 111 Å². The molecule has 0 bridgehead atoms. The van der Waals surface area contributed by atoms with Crippen molar-refractivity contribution in [3.05, 3.63) is 18.2 Å². The molecule has 1 fully saturated rings. The van der Waals surface area contributed by atoms with Gasteiger partial charge in [-0.2, -0.15) is 0 Å². The molecular weight excluding hydrogens is 424 g/mol. The molecule has 0 aromatic heterocycles. The first-order valence-electron chi connectivity index (χ1n) is 10.5. The lowest BCUT2D eigenvalue weighted by Gasteiger charge is -2.36. The zero-order valence-corrected chi connectivity index (χ0v) is 18.9. The van der Waals surface area contributed by atoms with Crippen molar-refractivity contribution >= 4 is 21.9 Å². The van der Waals surface area contributed by atoms with Gasteiger partial charge in [0.1, 0.15) is 13.2 Å². The molecule has 172 valence electrons. The fourth-order valence-electron chi connectivity index (χ4n) is 3.97. The molecule has 1 aromatic carbocycles. The van der Waals surface area contributed by atoms with Crippen molar-refractivity contribution in [2.75, 3.05) is 32.8 Å². The summed E-state index contributed by atoms with van der Waals surface area (Å²) in [6.07, 6.45) is -0.0187. The summed E-state index contributed by atoms with van der Waals surface area (Å²) >= 11 is 0. The van der Waals surface area contributed by atoms with E-state index in [0.29, 0.717) is 49.6 Å². The SMILES string of the molecule is C[C@@H]1C[C@@H](C)CN(C(=O)[C@@H](C)OC(=O)CCNS(=O)(=O)c2ccc3c(c2)OCCO3)C1. The predicted molar refractivity (Wildman–Crippen MR) is 112 cm³/mol. The quantitative estimate of drug-likeness (QED) is 0.623. The van der Waals surface area contributed by atoms with E-state index in [2.05, 4.69) is 18.6 Å². The maximum Gasteiger partial charge on any atom is 0.307 e. The van der Waals surface area contributed by atoms with Crippen LogP contribution in [0.3, 0.4) is 0 Å². The van der Waals surface area contributed by atoms with Gasteiger partial charge in [-0.25, -0.2) is 13.1 Å². The molecule has 0 radical (unpaired) electrons. The van der Waals surface area contributed by atoms with Gasteiger partial charge in [-0.05, 0) is 37.3 Å². The molecule has 10 heteroatoms. The molecule has 0 saturated carbocycles. The number of fused-ring (bicyclic) bond motifs is 1. The Labute approximate surface area is 183 Å². The first-order chi connectivity index (χ1) is 14.7. The van der Waals surface area contributed by atoms with Crippen LogP contribution in [-0.4, -0.2) is 64.1 Å². The highest BCUT2D eigenvalue weighted by molar-refractivity contribution is 7.89. The molecule has 2 aliphatic heterocycles. The number of carbonyl (C=O) groups is 2. The second-order valence-corrected chi connectivity index (χ2v) is 10.0. The van der Waals surface area contributed by atoms with Crippen molar-refractivity contribution in [2.24, 2.45) is 11.8 Å². The Bertz CT molecular complexity index is 908. The van der Waals surface area contributed by atoms with E-state index in [1.165, 1.54) is 18.2 Å². The van der Waals surface area contributed by atoms with E-state index in [1.54, 1.807) is 11.8 Å². The molecule has 9 nitrogen and oxygen atoms in total. The van der Waals surface area contributed by atoms with Gasteiger partial charge in [-0.15, -0.1) is 0 Å². The molecule has 1 N–H and O–H groups in total. The number of amides is 1. The second kappa shape index (κ2) is 9.86. The van der Waals surface area contributed by atoms with Gasteiger partial charge in [0.25, 0.3) is 5.91 Å². The largest absolute Gasteiger partial charge is 0.486 e. The van der Waals surface area contributed by atoms with Crippen LogP contribution in [0.5, 0.6) is 11.5 Å². The molecule has 1 saturated heterocycles. The fourth-order valence-corrected chi connectivity index (χ4v) is 5.01. The Morgan fingerprint density at radius 3 is 2.48 bits per heavy atom. The Kier molecular flexibility index (Phi) is 7.42. The summed E-state index contributed by atoms with van der Waals surface area (Å²) in [6, 6.07) is 4.33. The van der Waals surface area contributed by atoms with Crippen LogP contribution in [0.15, 0.2) is 23.1 Å². The minimum absolute atomic E-state index is 0.0157. The first kappa shape index (κ1) is 23.3. The Morgan fingerprint density at radius 1 is 1.16 bits per heavy atom. The zero-order chi connectivity index (χ0) is 22.6. The molecular formula is C21H30N2O7S. The van der Waals surface area contributed by atoms with Crippen molar-refractivity contribution < 1.29 is 32.2 Å². The summed E-state index contributed by atoms with van der Waals surface area (Å²) in [5.41, 5.74) is 0. The summed E-state index contributed by atoms with van der Waals surface area (Å²) in [7, 11) is -3.83. The molecule has 3 atom stereocenters. The highest BCUT2D eigenvalue weighted by Crippen LogP contribution is 2.32. The van der Waals surface area contributed by atoms with Gasteiger partial charge in [0, 0.05) is 25.7 Å². The standard InChI is InChI=1S/C21H30N2O7S/c1-14-10-15(2)13-23(12-14)21(25)16(3)30-20(24)6-7-22-31(26,27)17-4-5-18-19(11-17)29-9-8-28-18/h4-5,11,14-16,22H,6-10,12-13H2,1-3H3/t14-,15-,16-/m1/s1. The average Bonchev–Trinajstić information content (AvgIpc) is 2.71. The van der Waals surface area contributed by atoms with Crippen molar-refractivity contribution in [1.82, 2.24) is 9.62 Å². The van der Waals surface area contributed by atoms with Gasteiger partial charge in [0.15, 0.2) is 17.6 Å². The van der Waals surface area contributed by atoms with Crippen LogP contribution < -0.4 is 14.2 Å². The van der Waals surface area contributed by atoms with E-state index >= 15 is 0 Å². The monoisotopic (exact) mass is 454 g/mol. The van der Waals surface area contributed by atoms with Crippen LogP contribution in [0.1, 0.15) is 33.6 Å². The maximum atomic E-state index is 12.6. The van der Waals surface area contributed by atoms with Crippen LogP contribution >= 0.6 is 0 Å². The van der Waals surface area contributed by atoms with Gasteiger partial charge in [0.05, 0.1) is 11.3 Å². The fraction of sp³-hybridized carbons (Fsp3) is 0.619. The van der Waals surface area contributed by atoms with E-state index in [9.17, 15) is 18.0 Å². The van der Waals surface area contributed by atoms with Gasteiger partial charge in [-0.1, -0.05) is 13.8 Å². The van der Waals surface area contributed by atoms with Gasteiger partial charge in [0.2, 0.25) is 10.0 Å². The Balaban J connectivity index is 1.47. The molecule has 0 unspecified atom stereocenters. The highest BCUT2D eigenvalue weighted by atomic mass is 32.2. The molecule has 2 aliphatic rings. The average molecular weight is 455 g/mol. The molecule has 2 heterocycles. The number of ether oxygens (including phenoxy) is 3. The van der Waals surface area contributed by atoms with Crippen LogP contribution in [0.25, 0.3) is 0 Å². The van der Waals surface area contributed by atoms with Crippen LogP contribution in [0, 0.1) is 11.8 Å². The zero-order valence-electron chi connectivity index (χ0n) is 18.1. The van der Waals surface area contributed by atoms with Crippen molar-refractivity contribution in [3.63, 3.8) is 0 Å². The number of nitrogens with zero attached hydrogens (tertiary/aromatic N) is 1. The van der Waals surface area contributed by atoms with E-state index in [4.69, 9.17) is 14.2 Å². The number of nitrogens with one attached hydrogen (secondary N) is 1. The molecule has 0 spiro atoms. The number of benzene rings is 1. The minimum atomic E-state index is -3.83. The minimum Gasteiger partial charge on any atom is -0.486 e. The van der Waals surface area contributed by atoms with Gasteiger partial charge in [-0.3, -0.25) is 9.59 Å². The third-order valence-electron chi connectivity index (χ3n) is 5.28. The lowest BCUT2D eigenvalue weighted by Crippen LogP contribution is -2.47. The normalized spacial score (nSPS) is 22.0. The number of sulfonamides is 1. The van der Waals surface area contributed by atoms with E-state index in [1.807, 2.05) is 0 Å². The lowest BCUT2D eigenvalue weighted by atomic mass is 9.91. The number of piperidine rings is 1. The third kappa shape index (κ3) is 6.10. The van der Waals surface area contributed by atoms with Crippen molar-refractivity contribution in [3.8, 4) is 11.5 Å². The molecule has 3 rings (SSSR count).